The Kier molecular flexibility index (Phi) is 4.91. The standard InChI is InChI=1S/C14H19F2NO3/c1-10(17-8-14(18)5-6-19-9-14)11-3-2-4-12(7-11)20-13(15)16/h2-4,7,10,13,17-18H,5-6,8-9H2,1H3/t10-,14+/m1/s1. The smallest absolute Gasteiger partial charge is 0.387 e. The lowest BCUT2D eigenvalue weighted by molar-refractivity contribution is -0.0499. The molecule has 0 aliphatic carbocycles. The first-order valence-corrected chi connectivity index (χ1v) is 6.57. The number of benzene rings is 1. The number of alkyl halides is 2. The Labute approximate surface area is 116 Å². The predicted molar refractivity (Wildman–Crippen MR) is 69.9 cm³/mol. The molecule has 1 saturated heterocycles. The van der Waals surface area contributed by atoms with Crippen LogP contribution in [0.5, 0.6) is 5.75 Å². The summed E-state index contributed by atoms with van der Waals surface area (Å²) in [7, 11) is 0. The molecule has 1 aromatic rings. The van der Waals surface area contributed by atoms with Gasteiger partial charge in [0.2, 0.25) is 0 Å². The Balaban J connectivity index is 1.93. The fraction of sp³-hybridized carbons (Fsp3) is 0.571. The molecule has 20 heavy (non-hydrogen) atoms. The molecule has 0 unspecified atom stereocenters. The Morgan fingerprint density at radius 2 is 2.30 bits per heavy atom. The first kappa shape index (κ1) is 15.2. The van der Waals surface area contributed by atoms with Gasteiger partial charge in [0.15, 0.2) is 0 Å². The van der Waals surface area contributed by atoms with E-state index in [-0.39, 0.29) is 11.8 Å². The van der Waals surface area contributed by atoms with Gasteiger partial charge in [0.05, 0.1) is 6.61 Å². The highest BCUT2D eigenvalue weighted by Gasteiger charge is 2.32. The van der Waals surface area contributed by atoms with Crippen molar-refractivity contribution in [2.75, 3.05) is 19.8 Å². The summed E-state index contributed by atoms with van der Waals surface area (Å²) < 4.78 is 33.9. The highest BCUT2D eigenvalue weighted by Crippen LogP contribution is 2.22. The molecular formula is C14H19F2NO3. The van der Waals surface area contributed by atoms with Gasteiger partial charge in [-0.3, -0.25) is 0 Å². The van der Waals surface area contributed by atoms with E-state index in [0.717, 1.165) is 5.56 Å². The van der Waals surface area contributed by atoms with Crippen LogP contribution in [0.1, 0.15) is 24.9 Å². The number of aliphatic hydroxyl groups is 1. The molecular weight excluding hydrogens is 268 g/mol. The predicted octanol–water partition coefficient (Wildman–Crippen LogP) is 2.09. The van der Waals surface area contributed by atoms with Crippen LogP contribution in [-0.2, 0) is 4.74 Å². The quantitative estimate of drug-likeness (QED) is 0.841. The van der Waals surface area contributed by atoms with Crippen LogP contribution < -0.4 is 10.1 Å². The van der Waals surface area contributed by atoms with Crippen molar-refractivity contribution in [2.24, 2.45) is 0 Å². The number of nitrogens with one attached hydrogen (secondary N) is 1. The summed E-state index contributed by atoms with van der Waals surface area (Å²) in [5.41, 5.74) is -0.0172. The van der Waals surface area contributed by atoms with Gasteiger partial charge in [-0.05, 0) is 24.6 Å². The van der Waals surface area contributed by atoms with Crippen molar-refractivity contribution in [3.8, 4) is 5.75 Å². The van der Waals surface area contributed by atoms with Gasteiger partial charge in [0, 0.05) is 25.6 Å². The monoisotopic (exact) mass is 287 g/mol. The van der Waals surface area contributed by atoms with Crippen molar-refractivity contribution in [1.82, 2.24) is 5.32 Å². The molecule has 0 bridgehead atoms. The summed E-state index contributed by atoms with van der Waals surface area (Å²) >= 11 is 0. The molecule has 1 aromatic carbocycles. The van der Waals surface area contributed by atoms with Crippen LogP contribution in [0, 0.1) is 0 Å². The lowest BCUT2D eigenvalue weighted by atomic mass is 10.0. The Morgan fingerprint density at radius 3 is 2.95 bits per heavy atom. The Hall–Kier alpha value is -1.24. The second-order valence-corrected chi connectivity index (χ2v) is 5.08. The van der Waals surface area contributed by atoms with Crippen LogP contribution in [0.15, 0.2) is 24.3 Å². The summed E-state index contributed by atoms with van der Waals surface area (Å²) in [5.74, 6) is 0.133. The average Bonchev–Trinajstić information content (AvgIpc) is 2.83. The molecule has 2 N–H and O–H groups in total. The zero-order valence-electron chi connectivity index (χ0n) is 11.3. The maximum Gasteiger partial charge on any atom is 0.387 e. The van der Waals surface area contributed by atoms with E-state index in [9.17, 15) is 13.9 Å². The second-order valence-electron chi connectivity index (χ2n) is 5.08. The van der Waals surface area contributed by atoms with Gasteiger partial charge in [-0.1, -0.05) is 12.1 Å². The van der Waals surface area contributed by atoms with E-state index >= 15 is 0 Å². The van der Waals surface area contributed by atoms with E-state index < -0.39 is 12.2 Å². The first-order valence-electron chi connectivity index (χ1n) is 6.57. The van der Waals surface area contributed by atoms with Crippen LogP contribution in [0.2, 0.25) is 0 Å². The van der Waals surface area contributed by atoms with E-state index in [1.807, 2.05) is 13.0 Å². The molecule has 0 amide bonds. The minimum atomic E-state index is -2.83. The molecule has 112 valence electrons. The molecule has 1 heterocycles. The van der Waals surface area contributed by atoms with Gasteiger partial charge < -0.3 is 19.9 Å². The molecule has 6 heteroatoms. The number of rotatable bonds is 6. The van der Waals surface area contributed by atoms with Gasteiger partial charge >= 0.3 is 6.61 Å². The van der Waals surface area contributed by atoms with Crippen LogP contribution in [0.25, 0.3) is 0 Å². The zero-order chi connectivity index (χ0) is 14.6. The number of halogens is 2. The van der Waals surface area contributed by atoms with Crippen molar-refractivity contribution in [2.45, 2.75) is 31.6 Å². The third-order valence-corrected chi connectivity index (χ3v) is 3.40. The van der Waals surface area contributed by atoms with Crippen LogP contribution in [0.3, 0.4) is 0 Å². The summed E-state index contributed by atoms with van der Waals surface area (Å²) in [4.78, 5) is 0. The van der Waals surface area contributed by atoms with E-state index in [0.29, 0.717) is 26.2 Å². The number of hydrogen-bond donors (Lipinski definition) is 2. The van der Waals surface area contributed by atoms with Crippen molar-refractivity contribution in [3.05, 3.63) is 29.8 Å². The molecule has 0 saturated carbocycles. The minimum Gasteiger partial charge on any atom is -0.435 e. The normalized spacial score (nSPS) is 24.1. The summed E-state index contributed by atoms with van der Waals surface area (Å²) in [6.45, 7) is 0.352. The van der Waals surface area contributed by atoms with Crippen molar-refractivity contribution in [3.63, 3.8) is 0 Å². The molecule has 0 aromatic heterocycles. The molecule has 0 spiro atoms. The van der Waals surface area contributed by atoms with Gasteiger partial charge in [0.25, 0.3) is 0 Å². The first-order chi connectivity index (χ1) is 9.48. The van der Waals surface area contributed by atoms with Gasteiger partial charge in [-0.2, -0.15) is 8.78 Å². The van der Waals surface area contributed by atoms with Crippen molar-refractivity contribution < 1.29 is 23.4 Å². The number of hydrogen-bond acceptors (Lipinski definition) is 4. The SMILES string of the molecule is C[C@@H](NC[C@@]1(O)CCOC1)c1cccc(OC(F)F)c1. The second kappa shape index (κ2) is 6.47. The fourth-order valence-corrected chi connectivity index (χ4v) is 2.16. The fourth-order valence-electron chi connectivity index (χ4n) is 2.16. The summed E-state index contributed by atoms with van der Waals surface area (Å²) in [6.07, 6.45) is 0.598. The van der Waals surface area contributed by atoms with Crippen LogP contribution >= 0.6 is 0 Å². The van der Waals surface area contributed by atoms with Gasteiger partial charge in [-0.25, -0.2) is 0 Å². The van der Waals surface area contributed by atoms with Crippen LogP contribution in [0.4, 0.5) is 8.78 Å². The van der Waals surface area contributed by atoms with Crippen LogP contribution in [-0.4, -0.2) is 37.1 Å². The minimum absolute atomic E-state index is 0.0825. The maximum atomic E-state index is 12.2. The van der Waals surface area contributed by atoms with Gasteiger partial charge in [-0.15, -0.1) is 0 Å². The lowest BCUT2D eigenvalue weighted by Crippen LogP contribution is -2.41. The zero-order valence-corrected chi connectivity index (χ0v) is 11.3. The third kappa shape index (κ3) is 4.13. The molecule has 0 radical (unpaired) electrons. The van der Waals surface area contributed by atoms with Gasteiger partial charge in [0.1, 0.15) is 11.4 Å². The highest BCUT2D eigenvalue weighted by atomic mass is 19.3. The van der Waals surface area contributed by atoms with Crippen molar-refractivity contribution >= 4 is 0 Å². The molecule has 1 aliphatic heterocycles. The summed E-state index contributed by atoms with van der Waals surface area (Å²) in [5, 5.41) is 13.3. The molecule has 2 atom stereocenters. The molecule has 1 aliphatic rings. The highest BCUT2D eigenvalue weighted by molar-refractivity contribution is 5.30. The molecule has 2 rings (SSSR count). The molecule has 4 nitrogen and oxygen atoms in total. The maximum absolute atomic E-state index is 12.2. The van der Waals surface area contributed by atoms with Crippen molar-refractivity contribution in [1.29, 1.82) is 0 Å². The largest absolute Gasteiger partial charge is 0.435 e. The lowest BCUT2D eigenvalue weighted by Gasteiger charge is -2.24. The number of ether oxygens (including phenoxy) is 2. The van der Waals surface area contributed by atoms with E-state index in [1.54, 1.807) is 12.1 Å². The topological polar surface area (TPSA) is 50.7 Å². The van der Waals surface area contributed by atoms with E-state index in [4.69, 9.17) is 4.74 Å². The third-order valence-electron chi connectivity index (χ3n) is 3.40. The van der Waals surface area contributed by atoms with E-state index in [1.165, 1.54) is 6.07 Å². The van der Waals surface area contributed by atoms with E-state index in [2.05, 4.69) is 10.1 Å². The Bertz CT molecular complexity index is 436. The summed E-state index contributed by atoms with van der Waals surface area (Å²) in [6, 6.07) is 6.46. The average molecular weight is 287 g/mol. The Morgan fingerprint density at radius 1 is 1.50 bits per heavy atom. The molecule has 1 fully saturated rings.